The van der Waals surface area contributed by atoms with Gasteiger partial charge in [0.2, 0.25) is 5.91 Å². The lowest BCUT2D eigenvalue weighted by Gasteiger charge is -2.36. The van der Waals surface area contributed by atoms with Crippen molar-refractivity contribution in [1.29, 1.82) is 0 Å². The zero-order valence-electron chi connectivity index (χ0n) is 16.2. The summed E-state index contributed by atoms with van der Waals surface area (Å²) in [6.45, 7) is 5.86. The molecule has 1 unspecified atom stereocenters. The van der Waals surface area contributed by atoms with Crippen molar-refractivity contribution in [2.75, 3.05) is 32.8 Å². The summed E-state index contributed by atoms with van der Waals surface area (Å²) >= 11 is 0. The van der Waals surface area contributed by atoms with E-state index in [0.29, 0.717) is 25.7 Å². The SMILES string of the molecule is Cc1nnc(CN=C(NCC2CCCO2)N2CCN(C3CC3)C(=O)C2)n1C. The highest BCUT2D eigenvalue weighted by atomic mass is 16.5. The quantitative estimate of drug-likeness (QED) is 0.578. The highest BCUT2D eigenvalue weighted by Gasteiger charge is 2.36. The summed E-state index contributed by atoms with van der Waals surface area (Å²) in [5, 5.41) is 11.7. The molecule has 1 aromatic heterocycles. The Balaban J connectivity index is 1.43. The van der Waals surface area contributed by atoms with Crippen LogP contribution in [0.4, 0.5) is 0 Å². The maximum absolute atomic E-state index is 12.5. The molecule has 3 aliphatic rings. The normalized spacial score (nSPS) is 24.0. The number of piperazine rings is 1. The molecule has 9 nitrogen and oxygen atoms in total. The predicted molar refractivity (Wildman–Crippen MR) is 100 cm³/mol. The summed E-state index contributed by atoms with van der Waals surface area (Å²) in [5.41, 5.74) is 0. The lowest BCUT2D eigenvalue weighted by atomic mass is 10.2. The van der Waals surface area contributed by atoms with Crippen molar-refractivity contribution in [2.45, 2.75) is 51.3 Å². The van der Waals surface area contributed by atoms with Crippen molar-refractivity contribution in [2.24, 2.45) is 12.0 Å². The molecule has 3 fully saturated rings. The van der Waals surface area contributed by atoms with Gasteiger partial charge in [-0.15, -0.1) is 10.2 Å². The first-order valence-corrected chi connectivity index (χ1v) is 9.91. The van der Waals surface area contributed by atoms with Crippen LogP contribution in [0.2, 0.25) is 0 Å². The van der Waals surface area contributed by atoms with Crippen LogP contribution < -0.4 is 5.32 Å². The summed E-state index contributed by atoms with van der Waals surface area (Å²) in [7, 11) is 1.94. The number of aryl methyl sites for hydroxylation is 1. The maximum atomic E-state index is 12.5. The van der Waals surface area contributed by atoms with E-state index in [1.807, 2.05) is 23.4 Å². The molecule has 0 aromatic carbocycles. The molecule has 1 saturated carbocycles. The van der Waals surface area contributed by atoms with Crippen molar-refractivity contribution >= 4 is 11.9 Å². The third-order valence-electron chi connectivity index (χ3n) is 5.61. The Kier molecular flexibility index (Phi) is 5.29. The molecule has 0 radical (unpaired) electrons. The van der Waals surface area contributed by atoms with Gasteiger partial charge in [0.15, 0.2) is 11.8 Å². The smallest absolute Gasteiger partial charge is 0.242 e. The predicted octanol–water partition coefficient (Wildman–Crippen LogP) is 0.0547. The van der Waals surface area contributed by atoms with Crippen molar-refractivity contribution < 1.29 is 9.53 Å². The third-order valence-corrected chi connectivity index (χ3v) is 5.61. The van der Waals surface area contributed by atoms with Crippen LogP contribution in [0.15, 0.2) is 4.99 Å². The van der Waals surface area contributed by atoms with Gasteiger partial charge in [0, 0.05) is 39.3 Å². The fraction of sp³-hybridized carbons (Fsp3) is 0.778. The largest absolute Gasteiger partial charge is 0.376 e. The Hall–Kier alpha value is -2.16. The highest BCUT2D eigenvalue weighted by Crippen LogP contribution is 2.28. The molecule has 2 saturated heterocycles. The van der Waals surface area contributed by atoms with Crippen LogP contribution in [0.25, 0.3) is 0 Å². The molecule has 4 rings (SSSR count). The summed E-state index contributed by atoms with van der Waals surface area (Å²) in [4.78, 5) is 21.4. The van der Waals surface area contributed by atoms with Gasteiger partial charge >= 0.3 is 0 Å². The summed E-state index contributed by atoms with van der Waals surface area (Å²) in [6.07, 6.45) is 4.69. The van der Waals surface area contributed by atoms with Gasteiger partial charge in [0.05, 0.1) is 12.6 Å². The van der Waals surface area contributed by atoms with Crippen LogP contribution >= 0.6 is 0 Å². The fourth-order valence-corrected chi connectivity index (χ4v) is 3.65. The number of rotatable bonds is 5. The molecule has 1 atom stereocenters. The van der Waals surface area contributed by atoms with E-state index in [4.69, 9.17) is 9.73 Å². The number of ether oxygens (including phenoxy) is 1. The van der Waals surface area contributed by atoms with Crippen LogP contribution in [0.1, 0.15) is 37.3 Å². The Bertz CT molecular complexity index is 707. The Morgan fingerprint density at radius 1 is 1.30 bits per heavy atom. The van der Waals surface area contributed by atoms with Crippen LogP contribution in [-0.4, -0.2) is 81.4 Å². The zero-order chi connectivity index (χ0) is 18.8. The number of nitrogens with one attached hydrogen (secondary N) is 1. The van der Waals surface area contributed by atoms with Gasteiger partial charge in [-0.2, -0.15) is 0 Å². The molecule has 1 N–H and O–H groups in total. The summed E-state index contributed by atoms with van der Waals surface area (Å²) < 4.78 is 7.66. The minimum absolute atomic E-state index is 0.199. The van der Waals surface area contributed by atoms with Crippen molar-refractivity contribution in [1.82, 2.24) is 29.9 Å². The Morgan fingerprint density at radius 3 is 2.78 bits per heavy atom. The molecule has 1 aliphatic carbocycles. The number of aromatic nitrogens is 3. The second-order valence-corrected chi connectivity index (χ2v) is 7.62. The van der Waals surface area contributed by atoms with E-state index in [1.54, 1.807) is 0 Å². The van der Waals surface area contributed by atoms with E-state index >= 15 is 0 Å². The molecule has 27 heavy (non-hydrogen) atoms. The van der Waals surface area contributed by atoms with Crippen LogP contribution in [0.5, 0.6) is 0 Å². The standard InChI is InChI=1S/C18H29N7O2/c1-13-21-22-16(23(13)2)11-20-18(19-10-15-4-3-9-27-15)24-7-8-25(14-5-6-14)17(26)12-24/h14-15H,3-12H2,1-2H3,(H,19,20). The topological polar surface area (TPSA) is 87.9 Å². The molecule has 3 heterocycles. The van der Waals surface area contributed by atoms with Gasteiger partial charge in [-0.05, 0) is 32.6 Å². The number of guanidine groups is 1. The van der Waals surface area contributed by atoms with Crippen LogP contribution in [0, 0.1) is 6.92 Å². The first kappa shape index (κ1) is 18.2. The Morgan fingerprint density at radius 2 is 2.15 bits per heavy atom. The van der Waals surface area contributed by atoms with Crippen molar-refractivity contribution in [3.05, 3.63) is 11.6 Å². The van der Waals surface area contributed by atoms with Gasteiger partial charge in [0.25, 0.3) is 0 Å². The highest BCUT2D eigenvalue weighted by molar-refractivity contribution is 5.88. The molecular weight excluding hydrogens is 346 g/mol. The second-order valence-electron chi connectivity index (χ2n) is 7.62. The molecule has 0 spiro atoms. The number of carbonyl (C=O) groups excluding carboxylic acids is 1. The molecule has 2 aliphatic heterocycles. The fourth-order valence-electron chi connectivity index (χ4n) is 3.65. The number of nitrogens with zero attached hydrogens (tertiary/aromatic N) is 6. The van der Waals surface area contributed by atoms with E-state index in [-0.39, 0.29) is 12.0 Å². The second kappa shape index (κ2) is 7.84. The van der Waals surface area contributed by atoms with Crippen molar-refractivity contribution in [3.63, 3.8) is 0 Å². The van der Waals surface area contributed by atoms with Gasteiger partial charge in [-0.25, -0.2) is 4.99 Å². The van der Waals surface area contributed by atoms with Crippen LogP contribution in [0.3, 0.4) is 0 Å². The molecule has 0 bridgehead atoms. The van der Waals surface area contributed by atoms with E-state index in [0.717, 1.165) is 63.0 Å². The number of hydrogen-bond donors (Lipinski definition) is 1. The first-order chi connectivity index (χ1) is 13.1. The van der Waals surface area contributed by atoms with E-state index < -0.39 is 0 Å². The lowest BCUT2D eigenvalue weighted by Crippen LogP contribution is -2.56. The number of hydrogen-bond acceptors (Lipinski definition) is 5. The average Bonchev–Trinajstić information content (AvgIpc) is 3.28. The molecule has 9 heteroatoms. The molecule has 1 aromatic rings. The van der Waals surface area contributed by atoms with Gasteiger partial charge in [-0.1, -0.05) is 0 Å². The van der Waals surface area contributed by atoms with E-state index in [1.165, 1.54) is 0 Å². The number of aliphatic imine (C=N–C) groups is 1. The van der Waals surface area contributed by atoms with E-state index in [2.05, 4.69) is 20.4 Å². The van der Waals surface area contributed by atoms with Gasteiger partial charge in [-0.3, -0.25) is 4.79 Å². The third kappa shape index (κ3) is 4.23. The van der Waals surface area contributed by atoms with Gasteiger partial charge in [0.1, 0.15) is 12.4 Å². The van der Waals surface area contributed by atoms with E-state index in [9.17, 15) is 4.79 Å². The average molecular weight is 375 g/mol. The molecular formula is C18H29N7O2. The minimum atomic E-state index is 0.199. The molecule has 1 amide bonds. The monoisotopic (exact) mass is 375 g/mol. The van der Waals surface area contributed by atoms with Crippen molar-refractivity contribution in [3.8, 4) is 0 Å². The number of amides is 1. The Labute approximate surface area is 159 Å². The molecule has 148 valence electrons. The van der Waals surface area contributed by atoms with Gasteiger partial charge < -0.3 is 24.4 Å². The minimum Gasteiger partial charge on any atom is -0.376 e. The lowest BCUT2D eigenvalue weighted by molar-refractivity contribution is -0.135. The maximum Gasteiger partial charge on any atom is 0.242 e. The summed E-state index contributed by atoms with van der Waals surface area (Å²) in [6, 6.07) is 0.474. The summed E-state index contributed by atoms with van der Waals surface area (Å²) in [5.74, 6) is 2.63. The van der Waals surface area contributed by atoms with Crippen LogP contribution in [-0.2, 0) is 23.1 Å². The number of carbonyl (C=O) groups is 1. The zero-order valence-corrected chi connectivity index (χ0v) is 16.2. The first-order valence-electron chi connectivity index (χ1n) is 9.91.